The number of hydrogen-bond acceptors (Lipinski definition) is 2. The predicted molar refractivity (Wildman–Crippen MR) is 78.1 cm³/mol. The van der Waals surface area contributed by atoms with Gasteiger partial charge in [0.15, 0.2) is 0 Å². The summed E-state index contributed by atoms with van der Waals surface area (Å²) in [5.41, 5.74) is 4.64. The van der Waals surface area contributed by atoms with E-state index < -0.39 is 0 Å². The minimum absolute atomic E-state index is 0.108. The molecule has 0 aromatic carbocycles. The summed E-state index contributed by atoms with van der Waals surface area (Å²) in [7, 11) is 0. The number of Topliss-reactive ketones (excluding diaryl/α,β-unsaturated/α-hetero) is 1. The molecular weight excluding hydrogens is 248 g/mol. The van der Waals surface area contributed by atoms with E-state index in [-0.39, 0.29) is 11.5 Å². The Kier molecular flexibility index (Phi) is 2.76. The van der Waals surface area contributed by atoms with Crippen LogP contribution in [0, 0.1) is 17.3 Å². The third-order valence-corrected chi connectivity index (χ3v) is 6.60. The van der Waals surface area contributed by atoms with Crippen LogP contribution in [0.4, 0.5) is 0 Å². The lowest BCUT2D eigenvalue weighted by atomic mass is 9.58. The van der Waals surface area contributed by atoms with Gasteiger partial charge in [-0.15, -0.1) is 0 Å². The van der Waals surface area contributed by atoms with Gasteiger partial charge in [-0.05, 0) is 61.5 Å². The molecule has 0 spiro atoms. The molecule has 4 aliphatic rings. The average molecular weight is 272 g/mol. The molecule has 2 heteroatoms. The van der Waals surface area contributed by atoms with Gasteiger partial charge in [-0.2, -0.15) is 0 Å². The highest BCUT2D eigenvalue weighted by Crippen LogP contribution is 2.58. The summed E-state index contributed by atoms with van der Waals surface area (Å²) in [5, 5.41) is 10.4. The van der Waals surface area contributed by atoms with Crippen molar-refractivity contribution in [2.45, 2.75) is 64.4 Å². The van der Waals surface area contributed by atoms with Crippen LogP contribution in [0.15, 0.2) is 22.8 Å². The molecule has 4 aliphatic carbocycles. The highest BCUT2D eigenvalue weighted by atomic mass is 16.3. The zero-order valence-corrected chi connectivity index (χ0v) is 12.3. The third-order valence-electron chi connectivity index (χ3n) is 6.60. The number of fused-ring (bicyclic) bond motifs is 4. The summed E-state index contributed by atoms with van der Waals surface area (Å²) < 4.78 is 0. The summed E-state index contributed by atoms with van der Waals surface area (Å²) in [5.74, 6) is 1.74. The summed E-state index contributed by atoms with van der Waals surface area (Å²) >= 11 is 0. The van der Waals surface area contributed by atoms with Gasteiger partial charge in [0.1, 0.15) is 5.78 Å². The molecule has 1 N–H and O–H groups in total. The number of ketones is 1. The van der Waals surface area contributed by atoms with E-state index in [1.54, 1.807) is 5.57 Å². The van der Waals surface area contributed by atoms with Crippen LogP contribution in [0.2, 0.25) is 0 Å². The van der Waals surface area contributed by atoms with Gasteiger partial charge in [-0.3, -0.25) is 4.79 Å². The van der Waals surface area contributed by atoms with E-state index in [1.165, 1.54) is 24.0 Å². The lowest BCUT2D eigenvalue weighted by Crippen LogP contribution is -2.40. The first-order valence-electron chi connectivity index (χ1n) is 8.20. The highest BCUT2D eigenvalue weighted by molar-refractivity contribution is 5.83. The van der Waals surface area contributed by atoms with Gasteiger partial charge in [-0.1, -0.05) is 18.6 Å². The number of hydrogen-bond donors (Lipinski definition) is 1. The molecule has 0 bridgehead atoms. The second kappa shape index (κ2) is 4.30. The molecule has 0 saturated heterocycles. The van der Waals surface area contributed by atoms with Gasteiger partial charge in [-0.25, -0.2) is 0 Å². The fourth-order valence-corrected chi connectivity index (χ4v) is 5.39. The van der Waals surface area contributed by atoms with Gasteiger partial charge in [0.2, 0.25) is 0 Å². The first kappa shape index (κ1) is 12.8. The van der Waals surface area contributed by atoms with E-state index in [4.69, 9.17) is 0 Å². The molecule has 1 fully saturated rings. The zero-order chi connectivity index (χ0) is 13.9. The van der Waals surface area contributed by atoms with Crippen molar-refractivity contribution in [1.82, 2.24) is 0 Å². The smallest absolute Gasteiger partial charge is 0.137 e. The first-order valence-corrected chi connectivity index (χ1v) is 8.20. The summed E-state index contributed by atoms with van der Waals surface area (Å²) in [6, 6.07) is 0. The molecule has 0 heterocycles. The number of allylic oxidation sites excluding steroid dienone is 4. The number of rotatable bonds is 0. The number of aliphatic hydroxyl groups is 1. The standard InChI is InChI=1S/C18H24O2/c1-18-9-8-14-13-5-3-12(19)10-11(13)2-4-15(14)16(18)6-7-17(18)20/h8,15-17,20H,2-7,9-10H2,1H3/t15?,16?,17-,18-/m0/s1. The van der Waals surface area contributed by atoms with Crippen LogP contribution in [-0.2, 0) is 4.79 Å². The third kappa shape index (κ3) is 1.64. The second-order valence-electron chi connectivity index (χ2n) is 7.51. The molecule has 0 radical (unpaired) electrons. The molecule has 0 amide bonds. The van der Waals surface area contributed by atoms with Gasteiger partial charge in [0.25, 0.3) is 0 Å². The maximum atomic E-state index is 11.7. The van der Waals surface area contributed by atoms with Gasteiger partial charge in [0, 0.05) is 18.3 Å². The Morgan fingerprint density at radius 2 is 2.05 bits per heavy atom. The van der Waals surface area contributed by atoms with Crippen LogP contribution >= 0.6 is 0 Å². The van der Waals surface area contributed by atoms with E-state index in [2.05, 4.69) is 13.0 Å². The topological polar surface area (TPSA) is 37.3 Å². The van der Waals surface area contributed by atoms with Crippen molar-refractivity contribution in [2.24, 2.45) is 17.3 Å². The normalized spacial score (nSPS) is 43.8. The van der Waals surface area contributed by atoms with E-state index in [9.17, 15) is 9.90 Å². The van der Waals surface area contributed by atoms with Crippen LogP contribution in [0.1, 0.15) is 58.3 Å². The monoisotopic (exact) mass is 272 g/mol. The Balaban J connectivity index is 1.73. The molecule has 2 unspecified atom stereocenters. The zero-order valence-electron chi connectivity index (χ0n) is 12.3. The molecule has 108 valence electrons. The van der Waals surface area contributed by atoms with Crippen molar-refractivity contribution >= 4 is 5.78 Å². The van der Waals surface area contributed by atoms with Crippen LogP contribution in [0.25, 0.3) is 0 Å². The Hall–Kier alpha value is -0.890. The quantitative estimate of drug-likeness (QED) is 0.732. The van der Waals surface area contributed by atoms with E-state index >= 15 is 0 Å². The molecule has 20 heavy (non-hydrogen) atoms. The van der Waals surface area contributed by atoms with Crippen molar-refractivity contribution in [1.29, 1.82) is 0 Å². The maximum absolute atomic E-state index is 11.7. The van der Waals surface area contributed by atoms with Crippen molar-refractivity contribution in [3.8, 4) is 0 Å². The number of carbonyl (C=O) groups is 1. The fraction of sp³-hybridized carbons (Fsp3) is 0.722. The molecule has 4 rings (SSSR count). The van der Waals surface area contributed by atoms with Crippen molar-refractivity contribution < 1.29 is 9.90 Å². The number of carbonyl (C=O) groups excluding carboxylic acids is 1. The molecule has 0 aromatic heterocycles. The minimum Gasteiger partial charge on any atom is -0.393 e. The lowest BCUT2D eigenvalue weighted by Gasteiger charge is -2.46. The SMILES string of the molecule is C[C@]12CC=C3C4=C(CCC3C1CC[C@@H]2O)CC(=O)CC4. The molecule has 0 aliphatic heterocycles. The highest BCUT2D eigenvalue weighted by Gasteiger charge is 2.52. The van der Waals surface area contributed by atoms with E-state index in [1.807, 2.05) is 0 Å². The Morgan fingerprint density at radius 1 is 1.20 bits per heavy atom. The van der Waals surface area contributed by atoms with E-state index in [0.29, 0.717) is 24.0 Å². The lowest BCUT2D eigenvalue weighted by molar-refractivity contribution is -0.118. The Morgan fingerprint density at radius 3 is 2.90 bits per heavy atom. The largest absolute Gasteiger partial charge is 0.393 e. The Labute approximate surface area is 120 Å². The van der Waals surface area contributed by atoms with Gasteiger partial charge >= 0.3 is 0 Å². The maximum Gasteiger partial charge on any atom is 0.137 e. The molecule has 4 atom stereocenters. The molecule has 0 aromatic rings. The summed E-state index contributed by atoms with van der Waals surface area (Å²) in [6.07, 6.45) is 10.2. The molecule has 1 saturated carbocycles. The van der Waals surface area contributed by atoms with Crippen molar-refractivity contribution in [2.75, 3.05) is 0 Å². The van der Waals surface area contributed by atoms with Crippen LogP contribution < -0.4 is 0 Å². The molecular formula is C18H24O2. The van der Waals surface area contributed by atoms with E-state index in [0.717, 1.165) is 32.1 Å². The van der Waals surface area contributed by atoms with Crippen LogP contribution in [-0.4, -0.2) is 17.0 Å². The van der Waals surface area contributed by atoms with Crippen LogP contribution in [0.3, 0.4) is 0 Å². The van der Waals surface area contributed by atoms with Crippen molar-refractivity contribution in [3.63, 3.8) is 0 Å². The molecule has 2 nitrogen and oxygen atoms in total. The van der Waals surface area contributed by atoms with Crippen LogP contribution in [0.5, 0.6) is 0 Å². The second-order valence-corrected chi connectivity index (χ2v) is 7.51. The van der Waals surface area contributed by atoms with Crippen molar-refractivity contribution in [3.05, 3.63) is 22.8 Å². The number of aliphatic hydroxyl groups excluding tert-OH is 1. The summed E-state index contributed by atoms with van der Waals surface area (Å²) in [4.78, 5) is 11.7. The predicted octanol–water partition coefficient (Wildman–Crippen LogP) is 3.55. The first-order chi connectivity index (χ1) is 9.59. The fourth-order valence-electron chi connectivity index (χ4n) is 5.39. The van der Waals surface area contributed by atoms with Gasteiger partial charge in [0.05, 0.1) is 6.10 Å². The van der Waals surface area contributed by atoms with Gasteiger partial charge < -0.3 is 5.11 Å². The summed E-state index contributed by atoms with van der Waals surface area (Å²) in [6.45, 7) is 2.29. The average Bonchev–Trinajstić information content (AvgIpc) is 2.74. The Bertz CT molecular complexity index is 528. The minimum atomic E-state index is -0.117.